The van der Waals surface area contributed by atoms with Gasteiger partial charge in [0.2, 0.25) is 5.76 Å². The van der Waals surface area contributed by atoms with Gasteiger partial charge in [0.05, 0.1) is 29.1 Å². The summed E-state index contributed by atoms with van der Waals surface area (Å²) in [6.45, 7) is 3.76. The summed E-state index contributed by atoms with van der Waals surface area (Å²) in [5.74, 6) is -2.80. The fourth-order valence-corrected chi connectivity index (χ4v) is 5.67. The topological polar surface area (TPSA) is 134 Å². The van der Waals surface area contributed by atoms with E-state index in [9.17, 15) is 29.7 Å². The number of carbonyl (C=O) groups is 2. The summed E-state index contributed by atoms with van der Waals surface area (Å²) >= 11 is 11.4. The van der Waals surface area contributed by atoms with Crippen molar-refractivity contribution in [3.8, 4) is 11.5 Å². The van der Waals surface area contributed by atoms with Crippen LogP contribution in [0, 0.1) is 0 Å². The number of aromatic carboxylic acids is 1. The maximum Gasteiger partial charge on any atom is 0.372 e. The van der Waals surface area contributed by atoms with Crippen molar-refractivity contribution in [1.82, 2.24) is 0 Å². The van der Waals surface area contributed by atoms with E-state index in [1.807, 2.05) is 13.0 Å². The summed E-state index contributed by atoms with van der Waals surface area (Å²) < 4.78 is 11.6. The highest BCUT2D eigenvalue weighted by molar-refractivity contribution is 7.81. The number of fused-ring (bicyclic) bond motifs is 1. The van der Waals surface area contributed by atoms with Crippen molar-refractivity contribution in [2.45, 2.75) is 58.0 Å². The normalized spacial score (nSPS) is 14.0. The molecule has 0 bridgehead atoms. The Morgan fingerprint density at radius 3 is 2.67 bits per heavy atom. The number of aliphatic hydroxyl groups is 1. The Morgan fingerprint density at radius 2 is 1.98 bits per heavy atom. The summed E-state index contributed by atoms with van der Waals surface area (Å²) in [6.07, 6.45) is 11.6. The number of ether oxygens (including phenoxy) is 1. The number of thiocarbonyl (C=S) groups is 1. The van der Waals surface area contributed by atoms with Gasteiger partial charge in [0.25, 0.3) is 0 Å². The Hall–Kier alpha value is -4.31. The number of aromatic hydroxyl groups is 1. The first-order chi connectivity index (χ1) is 22.0. The van der Waals surface area contributed by atoms with Crippen molar-refractivity contribution >= 4 is 52.6 Å². The maximum absolute atomic E-state index is 13.7. The van der Waals surface area contributed by atoms with Gasteiger partial charge >= 0.3 is 5.97 Å². The van der Waals surface area contributed by atoms with Crippen molar-refractivity contribution in [3.63, 3.8) is 0 Å². The number of benzene rings is 2. The molecular formula is C36H35ClO8S. The summed E-state index contributed by atoms with van der Waals surface area (Å²) in [6, 6.07) is 9.78. The highest BCUT2D eigenvalue weighted by atomic mass is 35.5. The van der Waals surface area contributed by atoms with Gasteiger partial charge in [-0.25, -0.2) is 4.79 Å². The average Bonchev–Trinajstić information content (AvgIpc) is 3.01. The van der Waals surface area contributed by atoms with E-state index in [1.165, 1.54) is 13.0 Å². The first kappa shape index (κ1) is 34.6. The quantitative estimate of drug-likeness (QED) is 0.0825. The van der Waals surface area contributed by atoms with Crippen LogP contribution in [-0.4, -0.2) is 38.5 Å². The van der Waals surface area contributed by atoms with Gasteiger partial charge in [0, 0.05) is 27.8 Å². The van der Waals surface area contributed by atoms with Crippen LogP contribution in [-0.2, 0) is 6.42 Å². The van der Waals surface area contributed by atoms with Crippen LogP contribution in [0.1, 0.15) is 89.2 Å². The lowest BCUT2D eigenvalue weighted by molar-refractivity contribution is 0.0650. The molecule has 0 saturated carbocycles. The van der Waals surface area contributed by atoms with E-state index >= 15 is 0 Å². The third kappa shape index (κ3) is 8.09. The van der Waals surface area contributed by atoms with Crippen LogP contribution < -0.4 is 20.8 Å². The number of phenolic OH excluding ortho intramolecular Hbond substituents is 1. The summed E-state index contributed by atoms with van der Waals surface area (Å²) in [5, 5.41) is 32.6. The molecule has 0 aliphatic heterocycles. The number of carboxylic acids is 1. The number of rotatable bonds is 14. The third-order valence-electron chi connectivity index (χ3n) is 7.53. The molecule has 3 N–H and O–H groups in total. The molecule has 4 rings (SSSR count). The lowest BCUT2D eigenvalue weighted by Crippen LogP contribution is -2.45. The molecule has 0 fully saturated rings. The standard InChI is InChI=1S/C36H35ClO8S/c1-3-10-26-29(17-16-25(21(2)38)33(26)40)44-18-8-6-4-5-7-13-28(32(39)22-11-9-12-23(37)19-22)31-34(41)27-15-14-24(46)20-30(27)45-35(31)36(42)43/h4-5,7,9,11-13,15-17,19-20,28,32,39-40H,3,6,8,10,14,18H2,1-2H3,(H,42,43)/b5-4-,13-7+/t28-,32-/m0/s1. The number of allylic oxidation sites excluding steroid dienone is 3. The maximum atomic E-state index is 13.7. The lowest BCUT2D eigenvalue weighted by Gasteiger charge is -2.21. The van der Waals surface area contributed by atoms with Crippen molar-refractivity contribution in [2.24, 2.45) is 0 Å². The number of carbonyl (C=O) groups excluding carboxylic acids is 1. The first-order valence-electron chi connectivity index (χ1n) is 14.9. The Morgan fingerprint density at radius 1 is 1.20 bits per heavy atom. The highest BCUT2D eigenvalue weighted by Crippen LogP contribution is 2.34. The van der Waals surface area contributed by atoms with Crippen LogP contribution in [0.3, 0.4) is 0 Å². The predicted octanol–water partition coefficient (Wildman–Crippen LogP) is 5.98. The van der Waals surface area contributed by atoms with Gasteiger partial charge in [0.1, 0.15) is 16.9 Å². The van der Waals surface area contributed by atoms with E-state index in [0.717, 1.165) is 6.42 Å². The fraction of sp³-hybridized carbons (Fsp3) is 0.278. The monoisotopic (exact) mass is 662 g/mol. The summed E-state index contributed by atoms with van der Waals surface area (Å²) in [7, 11) is 0. The predicted molar refractivity (Wildman–Crippen MR) is 182 cm³/mol. The molecule has 1 aromatic heterocycles. The molecule has 3 aromatic rings. The van der Waals surface area contributed by atoms with Gasteiger partial charge in [-0.15, -0.1) is 0 Å². The van der Waals surface area contributed by atoms with Gasteiger partial charge in [-0.3, -0.25) is 9.59 Å². The molecule has 10 heteroatoms. The van der Waals surface area contributed by atoms with E-state index in [-0.39, 0.29) is 33.3 Å². The van der Waals surface area contributed by atoms with Gasteiger partial charge in [-0.05, 0) is 62.1 Å². The molecule has 240 valence electrons. The second kappa shape index (κ2) is 15.8. The summed E-state index contributed by atoms with van der Waals surface area (Å²) in [4.78, 5) is 38.3. The van der Waals surface area contributed by atoms with Crippen molar-refractivity contribution in [2.75, 3.05) is 6.61 Å². The number of hydrogen-bond donors (Lipinski definition) is 3. The van der Waals surface area contributed by atoms with E-state index in [2.05, 4.69) is 0 Å². The number of Topliss-reactive ketones (excluding diaryl/α,β-unsaturated/α-hetero) is 1. The molecule has 2 aromatic carbocycles. The minimum absolute atomic E-state index is 0.0371. The molecule has 46 heavy (non-hydrogen) atoms. The van der Waals surface area contributed by atoms with Gasteiger partial charge in [0.15, 0.2) is 11.2 Å². The number of phenols is 1. The number of halogens is 1. The molecule has 1 aliphatic rings. The largest absolute Gasteiger partial charge is 0.507 e. The Labute approximate surface area is 276 Å². The van der Waals surface area contributed by atoms with E-state index < -0.39 is 29.2 Å². The SMILES string of the molecule is CCCc1c(OCCC/C=C\C=C\[C@@H](c2c(C(=O)O)oc3c(c2=O)=CCC(=S)C=3)[C@@H](O)c2cccc(Cl)c2)ccc(C(C)=O)c1O. The molecule has 8 nitrogen and oxygen atoms in total. The molecule has 0 spiro atoms. The molecule has 0 radical (unpaired) electrons. The van der Waals surface area contributed by atoms with Crippen LogP contribution in [0.15, 0.2) is 69.9 Å². The van der Waals surface area contributed by atoms with E-state index in [4.69, 9.17) is 33.0 Å². The molecule has 1 aliphatic carbocycles. The van der Waals surface area contributed by atoms with Crippen molar-refractivity contribution < 1.29 is 34.1 Å². The van der Waals surface area contributed by atoms with Gasteiger partial charge < -0.3 is 24.5 Å². The Bertz CT molecular complexity index is 1890. The number of aliphatic hydroxyl groups excluding tert-OH is 1. The smallest absolute Gasteiger partial charge is 0.372 e. The molecule has 2 atom stereocenters. The lowest BCUT2D eigenvalue weighted by atomic mass is 9.87. The van der Waals surface area contributed by atoms with Gasteiger partial charge in [-0.1, -0.05) is 79.7 Å². The second-order valence-electron chi connectivity index (χ2n) is 10.8. The third-order valence-corrected chi connectivity index (χ3v) is 8.05. The van der Waals surface area contributed by atoms with Crippen LogP contribution in [0.4, 0.5) is 0 Å². The minimum Gasteiger partial charge on any atom is -0.507 e. The molecule has 1 heterocycles. The minimum atomic E-state index is -1.45. The molecule has 0 amide bonds. The number of unbranched alkanes of at least 4 members (excludes halogenated alkanes) is 1. The molecule has 0 saturated heterocycles. The zero-order chi connectivity index (χ0) is 33.4. The van der Waals surface area contributed by atoms with E-state index in [1.54, 1.807) is 60.7 Å². The number of ketones is 1. The van der Waals surface area contributed by atoms with Gasteiger partial charge in [-0.2, -0.15) is 0 Å². The number of carboxylic acid groups (broad SMARTS) is 1. The average molecular weight is 663 g/mol. The number of hydrogen-bond acceptors (Lipinski definition) is 8. The Balaban J connectivity index is 1.55. The van der Waals surface area contributed by atoms with Crippen LogP contribution in [0.5, 0.6) is 11.5 Å². The second-order valence-corrected chi connectivity index (χ2v) is 11.8. The first-order valence-corrected chi connectivity index (χ1v) is 15.7. The summed E-state index contributed by atoms with van der Waals surface area (Å²) in [5.41, 5.74) is 0.627. The molecular weight excluding hydrogens is 628 g/mol. The zero-order valence-corrected chi connectivity index (χ0v) is 27.1. The Kier molecular flexibility index (Phi) is 11.9. The van der Waals surface area contributed by atoms with Crippen LogP contribution >= 0.6 is 23.8 Å². The van der Waals surface area contributed by atoms with Crippen LogP contribution in [0.25, 0.3) is 12.2 Å². The van der Waals surface area contributed by atoms with E-state index in [0.29, 0.717) is 59.1 Å². The molecule has 0 unspecified atom stereocenters. The fourth-order valence-electron chi connectivity index (χ4n) is 5.28. The zero-order valence-electron chi connectivity index (χ0n) is 25.5. The van der Waals surface area contributed by atoms with Crippen molar-refractivity contribution in [3.05, 3.63) is 115 Å². The van der Waals surface area contributed by atoms with Crippen molar-refractivity contribution in [1.29, 1.82) is 0 Å². The highest BCUT2D eigenvalue weighted by Gasteiger charge is 2.31. The van der Waals surface area contributed by atoms with Crippen LogP contribution in [0.2, 0.25) is 5.02 Å².